The van der Waals surface area contributed by atoms with Gasteiger partial charge in [-0.05, 0) is 5.56 Å². The monoisotopic (exact) mass is 273 g/mol. The molecule has 1 aromatic carbocycles. The van der Waals surface area contributed by atoms with E-state index in [2.05, 4.69) is 4.98 Å². The van der Waals surface area contributed by atoms with Crippen molar-refractivity contribution >= 4 is 11.9 Å². The molecule has 0 aliphatic heterocycles. The van der Waals surface area contributed by atoms with Crippen LogP contribution in [0.15, 0.2) is 42.9 Å². The molecule has 1 aromatic heterocycles. The highest BCUT2D eigenvalue weighted by molar-refractivity contribution is 5.82. The molecule has 20 heavy (non-hydrogen) atoms. The van der Waals surface area contributed by atoms with E-state index < -0.39 is 12.0 Å². The van der Waals surface area contributed by atoms with E-state index >= 15 is 0 Å². The zero-order valence-electron chi connectivity index (χ0n) is 10.8. The predicted molar refractivity (Wildman–Crippen MR) is 72.3 cm³/mol. The van der Waals surface area contributed by atoms with Gasteiger partial charge in [-0.15, -0.1) is 0 Å². The number of carboxylic acids is 1. The minimum Gasteiger partial charge on any atom is -0.480 e. The molecule has 0 aliphatic rings. The standard InChI is InChI=1S/C14H15N3O3/c15-12(14(19)20)7-11-8-16-9-17(11)13(18)6-10-4-2-1-3-5-10/h1-5,8-9,12H,6-7,15H2,(H,19,20)/t12-/m0/s1. The number of carbonyl (C=O) groups is 2. The number of carbonyl (C=O) groups excluding carboxylic acids is 1. The van der Waals surface area contributed by atoms with E-state index in [9.17, 15) is 9.59 Å². The molecule has 0 saturated carbocycles. The lowest BCUT2D eigenvalue weighted by atomic mass is 10.1. The van der Waals surface area contributed by atoms with Gasteiger partial charge in [0, 0.05) is 18.3 Å². The van der Waals surface area contributed by atoms with Crippen LogP contribution in [-0.4, -0.2) is 32.6 Å². The Bertz CT molecular complexity index is 607. The molecule has 2 aromatic rings. The molecule has 1 atom stereocenters. The van der Waals surface area contributed by atoms with Crippen LogP contribution in [0.4, 0.5) is 0 Å². The van der Waals surface area contributed by atoms with Crippen LogP contribution in [0.25, 0.3) is 0 Å². The Morgan fingerprint density at radius 2 is 2.00 bits per heavy atom. The SMILES string of the molecule is N[C@@H](Cc1cncn1C(=O)Cc1ccccc1)C(=O)O. The first kappa shape index (κ1) is 14.0. The molecule has 3 N–H and O–H groups in total. The number of nitrogens with two attached hydrogens (primary N) is 1. The third kappa shape index (κ3) is 3.30. The lowest BCUT2D eigenvalue weighted by Gasteiger charge is -2.09. The second-order valence-corrected chi connectivity index (χ2v) is 4.46. The average Bonchev–Trinajstić information content (AvgIpc) is 2.88. The van der Waals surface area contributed by atoms with Gasteiger partial charge >= 0.3 is 5.97 Å². The molecule has 0 radical (unpaired) electrons. The van der Waals surface area contributed by atoms with E-state index in [0.29, 0.717) is 5.69 Å². The molecule has 0 amide bonds. The van der Waals surface area contributed by atoms with E-state index in [-0.39, 0.29) is 18.7 Å². The van der Waals surface area contributed by atoms with Crippen molar-refractivity contribution in [3.8, 4) is 0 Å². The van der Waals surface area contributed by atoms with E-state index in [1.807, 2.05) is 30.3 Å². The van der Waals surface area contributed by atoms with Crippen molar-refractivity contribution in [2.24, 2.45) is 5.73 Å². The molecular weight excluding hydrogens is 258 g/mol. The van der Waals surface area contributed by atoms with Gasteiger partial charge in [0.2, 0.25) is 5.91 Å². The molecular formula is C14H15N3O3. The number of aliphatic carboxylic acids is 1. The van der Waals surface area contributed by atoms with E-state index in [1.165, 1.54) is 17.1 Å². The van der Waals surface area contributed by atoms with Crippen molar-refractivity contribution in [1.29, 1.82) is 0 Å². The summed E-state index contributed by atoms with van der Waals surface area (Å²) >= 11 is 0. The Balaban J connectivity index is 2.11. The molecule has 2 rings (SSSR count). The van der Waals surface area contributed by atoms with Crippen LogP contribution in [0.1, 0.15) is 16.1 Å². The van der Waals surface area contributed by atoms with Crippen molar-refractivity contribution in [3.63, 3.8) is 0 Å². The Morgan fingerprint density at radius 3 is 2.65 bits per heavy atom. The van der Waals surface area contributed by atoms with Gasteiger partial charge in [-0.3, -0.25) is 14.2 Å². The molecule has 0 unspecified atom stereocenters. The summed E-state index contributed by atoms with van der Waals surface area (Å²) in [5.74, 6) is -1.27. The minimum atomic E-state index is -1.10. The Hall–Kier alpha value is -2.47. The van der Waals surface area contributed by atoms with Crippen molar-refractivity contribution in [2.75, 3.05) is 0 Å². The zero-order valence-corrected chi connectivity index (χ0v) is 10.8. The molecule has 0 spiro atoms. The highest BCUT2D eigenvalue weighted by Crippen LogP contribution is 2.07. The molecule has 6 heteroatoms. The van der Waals surface area contributed by atoms with E-state index in [1.54, 1.807) is 0 Å². The van der Waals surface area contributed by atoms with E-state index in [0.717, 1.165) is 5.56 Å². The largest absolute Gasteiger partial charge is 0.480 e. The first-order valence-electron chi connectivity index (χ1n) is 6.14. The van der Waals surface area contributed by atoms with Crippen LogP contribution in [0.5, 0.6) is 0 Å². The molecule has 0 saturated heterocycles. The third-order valence-corrected chi connectivity index (χ3v) is 2.93. The first-order valence-corrected chi connectivity index (χ1v) is 6.14. The summed E-state index contributed by atoms with van der Waals surface area (Å²) in [5, 5.41) is 8.81. The van der Waals surface area contributed by atoms with Crippen LogP contribution >= 0.6 is 0 Å². The minimum absolute atomic E-state index is 0.0653. The van der Waals surface area contributed by atoms with Crippen molar-refractivity contribution < 1.29 is 14.7 Å². The number of imidazole rings is 1. The molecule has 1 heterocycles. The summed E-state index contributed by atoms with van der Waals surface area (Å²) in [4.78, 5) is 26.8. The fraction of sp³-hybridized carbons (Fsp3) is 0.214. The van der Waals surface area contributed by atoms with Gasteiger partial charge in [0.15, 0.2) is 0 Å². The fourth-order valence-electron chi connectivity index (χ4n) is 1.87. The quantitative estimate of drug-likeness (QED) is 0.836. The van der Waals surface area contributed by atoms with Gasteiger partial charge < -0.3 is 10.8 Å². The van der Waals surface area contributed by atoms with Crippen LogP contribution in [0, 0.1) is 0 Å². The van der Waals surface area contributed by atoms with Crippen LogP contribution in [0.3, 0.4) is 0 Å². The van der Waals surface area contributed by atoms with Crippen molar-refractivity contribution in [2.45, 2.75) is 18.9 Å². The summed E-state index contributed by atoms with van der Waals surface area (Å²) in [7, 11) is 0. The molecule has 6 nitrogen and oxygen atoms in total. The lowest BCUT2D eigenvalue weighted by molar-refractivity contribution is -0.138. The maximum atomic E-state index is 12.2. The smallest absolute Gasteiger partial charge is 0.320 e. The Labute approximate surface area is 115 Å². The fourth-order valence-corrected chi connectivity index (χ4v) is 1.87. The normalized spacial score (nSPS) is 12.1. The molecule has 104 valence electrons. The summed E-state index contributed by atoms with van der Waals surface area (Å²) in [6.45, 7) is 0. The van der Waals surface area contributed by atoms with Gasteiger partial charge in [0.1, 0.15) is 12.4 Å². The average molecular weight is 273 g/mol. The molecule has 0 aliphatic carbocycles. The van der Waals surface area contributed by atoms with E-state index in [4.69, 9.17) is 10.8 Å². The van der Waals surface area contributed by atoms with Gasteiger partial charge in [0.05, 0.1) is 6.42 Å². The number of nitrogens with zero attached hydrogens (tertiary/aromatic N) is 2. The second kappa shape index (κ2) is 6.12. The number of hydrogen-bond acceptors (Lipinski definition) is 4. The highest BCUT2D eigenvalue weighted by Gasteiger charge is 2.17. The Kier molecular flexibility index (Phi) is 4.27. The zero-order chi connectivity index (χ0) is 14.5. The maximum Gasteiger partial charge on any atom is 0.320 e. The predicted octanol–water partition coefficient (Wildman–Crippen LogP) is 0.720. The van der Waals surface area contributed by atoms with Crippen molar-refractivity contribution in [1.82, 2.24) is 9.55 Å². The van der Waals surface area contributed by atoms with Crippen LogP contribution < -0.4 is 5.73 Å². The van der Waals surface area contributed by atoms with Gasteiger partial charge in [0.25, 0.3) is 0 Å². The van der Waals surface area contributed by atoms with Gasteiger partial charge in [-0.25, -0.2) is 4.98 Å². The topological polar surface area (TPSA) is 98.2 Å². The summed E-state index contributed by atoms with van der Waals surface area (Å²) in [5.41, 5.74) is 6.87. The lowest BCUT2D eigenvalue weighted by Crippen LogP contribution is -2.33. The van der Waals surface area contributed by atoms with Gasteiger partial charge in [-0.2, -0.15) is 0 Å². The summed E-state index contributed by atoms with van der Waals surface area (Å²) in [6, 6.07) is 8.27. The number of aromatic nitrogens is 2. The number of carboxylic acid groups (broad SMARTS) is 1. The number of rotatable bonds is 5. The van der Waals surface area contributed by atoms with Crippen molar-refractivity contribution in [3.05, 3.63) is 54.1 Å². The molecule has 0 bridgehead atoms. The maximum absolute atomic E-state index is 12.2. The number of benzene rings is 1. The van der Waals surface area contributed by atoms with Crippen LogP contribution in [-0.2, 0) is 17.6 Å². The first-order chi connectivity index (χ1) is 9.58. The van der Waals surface area contributed by atoms with Crippen LogP contribution in [0.2, 0.25) is 0 Å². The number of hydrogen-bond donors (Lipinski definition) is 2. The summed E-state index contributed by atoms with van der Waals surface area (Å²) < 4.78 is 1.36. The summed E-state index contributed by atoms with van der Waals surface area (Å²) in [6.07, 6.45) is 3.14. The molecule has 0 fully saturated rings. The highest BCUT2D eigenvalue weighted by atomic mass is 16.4. The van der Waals surface area contributed by atoms with Gasteiger partial charge in [-0.1, -0.05) is 30.3 Å². The second-order valence-electron chi connectivity index (χ2n) is 4.46. The third-order valence-electron chi connectivity index (χ3n) is 2.93. The Morgan fingerprint density at radius 1 is 1.30 bits per heavy atom.